The fourth-order valence-corrected chi connectivity index (χ4v) is 15.2. The zero-order valence-corrected chi connectivity index (χ0v) is 39.8. The highest BCUT2D eigenvalue weighted by molar-refractivity contribution is 5.79. The summed E-state index contributed by atoms with van der Waals surface area (Å²) in [5.74, 6) is -0.386. The molecule has 3 aliphatic heterocycles. The standard InChI is InChI=1S/C48H78O19/c1-20-10-13-48(15-14-46(6)23(29(48)21(20)2)8-9-28-44(4)16-24(51)39(60)45(5,19-50)27(44)11-12-47(28,46)7)43(61)67-42-36(58)33(55)31(53)26(65-42)18-62-40-37(59)34(56)38(25(17-49)64-40)66-41-35(57)32(54)30(52)22(3)63-41/h8,20-22,24-42,49-60H,9-19H2,1-7H3/t20-,21+,22?,24-,25?,26?,27-,28-,29+,30?,31?,32?,33?,34?,35?,36?,37?,38?,39+,40?,41?,42?,44+,45+,46-,47-,48+/m1/s1. The average molecular weight is 959 g/mol. The molecule has 0 aromatic carbocycles. The van der Waals surface area contributed by atoms with Crippen molar-refractivity contribution < 1.29 is 94.5 Å². The van der Waals surface area contributed by atoms with Crippen LogP contribution < -0.4 is 0 Å². The third-order valence-electron chi connectivity index (χ3n) is 19.7. The van der Waals surface area contributed by atoms with Gasteiger partial charge in [-0.05, 0) is 104 Å². The van der Waals surface area contributed by atoms with Crippen molar-refractivity contribution in [2.75, 3.05) is 19.8 Å². The summed E-state index contributed by atoms with van der Waals surface area (Å²) in [6.45, 7) is 13.0. The number of aliphatic hydroxyl groups excluding tert-OH is 12. The molecule has 27 atom stereocenters. The quantitative estimate of drug-likeness (QED) is 0.0971. The maximum Gasteiger partial charge on any atom is 0.315 e. The number of hydrogen-bond donors (Lipinski definition) is 12. The third kappa shape index (κ3) is 7.92. The lowest BCUT2D eigenvalue weighted by Crippen LogP contribution is -2.68. The third-order valence-corrected chi connectivity index (χ3v) is 19.7. The molecule has 0 amide bonds. The summed E-state index contributed by atoms with van der Waals surface area (Å²) in [6, 6.07) is 0. The Bertz CT molecular complexity index is 1820. The predicted octanol–water partition coefficient (Wildman–Crippen LogP) is -1.03. The molecule has 0 aromatic rings. The molecular formula is C48H78O19. The molecule has 0 bridgehead atoms. The van der Waals surface area contributed by atoms with E-state index < -0.39 is 134 Å². The first-order valence-corrected chi connectivity index (χ1v) is 24.5. The van der Waals surface area contributed by atoms with Gasteiger partial charge in [-0.2, -0.15) is 0 Å². The molecule has 4 saturated carbocycles. The van der Waals surface area contributed by atoms with E-state index in [1.165, 1.54) is 12.5 Å². The van der Waals surface area contributed by atoms with Crippen LogP contribution in [0, 0.1) is 56.7 Å². The van der Waals surface area contributed by atoms with Gasteiger partial charge in [0.15, 0.2) is 12.6 Å². The van der Waals surface area contributed by atoms with Crippen LogP contribution in [0.4, 0.5) is 0 Å². The molecule has 12 N–H and O–H groups in total. The van der Waals surface area contributed by atoms with Crippen LogP contribution in [0.3, 0.4) is 0 Å². The first-order valence-electron chi connectivity index (χ1n) is 24.5. The summed E-state index contributed by atoms with van der Waals surface area (Å²) < 4.78 is 34.7. The van der Waals surface area contributed by atoms with Crippen molar-refractivity contribution in [3.63, 3.8) is 0 Å². The minimum Gasteiger partial charge on any atom is -0.432 e. The van der Waals surface area contributed by atoms with Crippen molar-refractivity contribution in [3.05, 3.63) is 11.6 Å². The largest absolute Gasteiger partial charge is 0.432 e. The van der Waals surface area contributed by atoms with Crippen LogP contribution in [-0.2, 0) is 33.2 Å². The molecule has 8 rings (SSSR count). The molecule has 8 aliphatic rings. The highest BCUT2D eigenvalue weighted by Crippen LogP contribution is 2.76. The van der Waals surface area contributed by atoms with E-state index in [-0.39, 0.29) is 52.4 Å². The normalized spacial score (nSPS) is 56.7. The number of aliphatic hydroxyl groups is 12. The first kappa shape index (κ1) is 51.9. The molecule has 3 heterocycles. The number of ether oxygens (including phenoxy) is 6. The van der Waals surface area contributed by atoms with Crippen LogP contribution in [0.5, 0.6) is 0 Å². The molecule has 19 heteroatoms. The maximum atomic E-state index is 15.0. The minimum atomic E-state index is -1.86. The van der Waals surface area contributed by atoms with E-state index in [0.717, 1.165) is 19.3 Å². The Balaban J connectivity index is 0.985. The van der Waals surface area contributed by atoms with E-state index in [4.69, 9.17) is 28.4 Å². The van der Waals surface area contributed by atoms with Crippen molar-refractivity contribution in [1.29, 1.82) is 0 Å². The Morgan fingerprint density at radius 1 is 0.701 bits per heavy atom. The zero-order chi connectivity index (χ0) is 49.1. The van der Waals surface area contributed by atoms with Gasteiger partial charge in [-0.1, -0.05) is 53.2 Å². The number of fused-ring (bicyclic) bond motifs is 7. The van der Waals surface area contributed by atoms with Crippen LogP contribution in [-0.4, -0.2) is 191 Å². The monoisotopic (exact) mass is 959 g/mol. The van der Waals surface area contributed by atoms with Crippen molar-refractivity contribution >= 4 is 5.97 Å². The molecular weight excluding hydrogens is 881 g/mol. The van der Waals surface area contributed by atoms with Gasteiger partial charge in [0.05, 0.1) is 43.5 Å². The average Bonchev–Trinajstić information content (AvgIpc) is 3.29. The second kappa shape index (κ2) is 18.5. The summed E-state index contributed by atoms with van der Waals surface area (Å²) in [4.78, 5) is 15.0. The molecule has 3 saturated heterocycles. The van der Waals surface area contributed by atoms with E-state index in [9.17, 15) is 61.3 Å². The van der Waals surface area contributed by atoms with Crippen LogP contribution in [0.25, 0.3) is 0 Å². The van der Waals surface area contributed by atoms with Gasteiger partial charge in [0.1, 0.15) is 67.1 Å². The summed E-state index contributed by atoms with van der Waals surface area (Å²) in [6.07, 6.45) is -18.9. The van der Waals surface area contributed by atoms with Gasteiger partial charge in [0, 0.05) is 5.41 Å². The molecule has 384 valence electrons. The molecule has 0 spiro atoms. The highest BCUT2D eigenvalue weighted by atomic mass is 16.8. The number of hydrogen-bond acceptors (Lipinski definition) is 19. The Morgan fingerprint density at radius 2 is 1.34 bits per heavy atom. The first-order chi connectivity index (χ1) is 31.4. The van der Waals surface area contributed by atoms with Gasteiger partial charge in [-0.15, -0.1) is 0 Å². The number of rotatable bonds is 9. The topological polar surface area (TPSA) is 315 Å². The van der Waals surface area contributed by atoms with Crippen LogP contribution >= 0.6 is 0 Å². The molecule has 0 radical (unpaired) electrons. The summed E-state index contributed by atoms with van der Waals surface area (Å²) in [5.41, 5.74) is -1.64. The number of allylic oxidation sites excluding steroid dienone is 2. The van der Waals surface area contributed by atoms with Gasteiger partial charge in [0.25, 0.3) is 0 Å². The zero-order valence-electron chi connectivity index (χ0n) is 39.8. The van der Waals surface area contributed by atoms with Crippen LogP contribution in [0.15, 0.2) is 11.6 Å². The number of carbonyl (C=O) groups is 1. The Labute approximate surface area is 392 Å². The lowest BCUT2D eigenvalue weighted by atomic mass is 9.33. The summed E-state index contributed by atoms with van der Waals surface area (Å²) in [7, 11) is 0. The SMILES string of the molecule is CC1OC(OC2C(CO)OC(OCC3OC(OC(=O)[C@]45CC[C@@H](C)[C@H](C)[C@H]4C4=CC[C@@H]6[C@@]7(C)C[C@@H](O)[C@H](O)[C@@](C)(CO)[C@@H]7CC[C@@]6(C)[C@]4(C)CC5)C(O)C(O)C3O)C(O)C2O)C(O)C(O)C1O. The van der Waals surface area contributed by atoms with E-state index in [2.05, 4.69) is 40.7 Å². The van der Waals surface area contributed by atoms with Crippen LogP contribution in [0.1, 0.15) is 99.8 Å². The minimum absolute atomic E-state index is 0.0112. The molecule has 0 aromatic heterocycles. The maximum absolute atomic E-state index is 15.0. The second-order valence-corrected chi connectivity index (χ2v) is 22.9. The van der Waals surface area contributed by atoms with E-state index in [0.29, 0.717) is 32.1 Å². The molecule has 15 unspecified atom stereocenters. The summed E-state index contributed by atoms with van der Waals surface area (Å²) >= 11 is 0. The van der Waals surface area contributed by atoms with Crippen molar-refractivity contribution in [2.45, 2.75) is 204 Å². The van der Waals surface area contributed by atoms with Gasteiger partial charge in [0.2, 0.25) is 6.29 Å². The fourth-order valence-electron chi connectivity index (χ4n) is 15.2. The number of carbonyl (C=O) groups excluding carboxylic acids is 1. The summed E-state index contributed by atoms with van der Waals surface area (Å²) in [5, 5.41) is 130. The predicted molar refractivity (Wildman–Crippen MR) is 231 cm³/mol. The second-order valence-electron chi connectivity index (χ2n) is 22.9. The lowest BCUT2D eigenvalue weighted by molar-refractivity contribution is -0.361. The van der Waals surface area contributed by atoms with Crippen molar-refractivity contribution in [3.8, 4) is 0 Å². The van der Waals surface area contributed by atoms with Crippen LogP contribution in [0.2, 0.25) is 0 Å². The van der Waals surface area contributed by atoms with E-state index in [1.807, 2.05) is 6.92 Å². The van der Waals surface area contributed by atoms with Gasteiger partial charge >= 0.3 is 5.97 Å². The van der Waals surface area contributed by atoms with Gasteiger partial charge in [-0.3, -0.25) is 4.79 Å². The molecule has 7 fully saturated rings. The molecule has 67 heavy (non-hydrogen) atoms. The highest BCUT2D eigenvalue weighted by Gasteiger charge is 2.71. The van der Waals surface area contributed by atoms with E-state index in [1.54, 1.807) is 0 Å². The fraction of sp³-hybridized carbons (Fsp3) is 0.938. The van der Waals surface area contributed by atoms with Gasteiger partial charge < -0.3 is 89.7 Å². The van der Waals surface area contributed by atoms with E-state index >= 15 is 4.79 Å². The van der Waals surface area contributed by atoms with Gasteiger partial charge in [-0.25, -0.2) is 0 Å². The molecule has 19 nitrogen and oxygen atoms in total. The smallest absolute Gasteiger partial charge is 0.315 e. The number of esters is 1. The van der Waals surface area contributed by atoms with Crippen molar-refractivity contribution in [1.82, 2.24) is 0 Å². The Morgan fingerprint density at radius 3 is 2.01 bits per heavy atom. The Hall–Kier alpha value is -1.47. The molecule has 5 aliphatic carbocycles. The Kier molecular flexibility index (Phi) is 14.4. The lowest BCUT2D eigenvalue weighted by Gasteiger charge is -2.71. The van der Waals surface area contributed by atoms with Crippen molar-refractivity contribution in [2.24, 2.45) is 56.7 Å².